The van der Waals surface area contributed by atoms with Gasteiger partial charge in [0.1, 0.15) is 6.10 Å². The van der Waals surface area contributed by atoms with Crippen LogP contribution in [0.1, 0.15) is 34.3 Å². The van der Waals surface area contributed by atoms with Gasteiger partial charge in [0.2, 0.25) is 5.88 Å². The number of hydrogen-bond acceptors (Lipinski definition) is 6. The second-order valence-electron chi connectivity index (χ2n) is 8.34. The Balaban J connectivity index is 0.000000469. The number of carbonyl (C=O) groups is 1. The van der Waals surface area contributed by atoms with Crippen LogP contribution in [0.3, 0.4) is 0 Å². The number of ether oxygens (including phenoxy) is 1. The van der Waals surface area contributed by atoms with E-state index in [2.05, 4.69) is 28.6 Å². The van der Waals surface area contributed by atoms with Crippen LogP contribution in [-0.2, 0) is 0 Å². The lowest BCUT2D eigenvalue weighted by Crippen LogP contribution is -2.40. The number of rotatable bonds is 6. The van der Waals surface area contributed by atoms with Gasteiger partial charge in [0.25, 0.3) is 5.91 Å². The molecule has 2 unspecified atom stereocenters. The fourth-order valence-electron chi connectivity index (χ4n) is 3.43. The third-order valence-electron chi connectivity index (χ3n) is 5.40. The summed E-state index contributed by atoms with van der Waals surface area (Å²) in [6.45, 7) is 4.29. The Morgan fingerprint density at radius 3 is 2.44 bits per heavy atom. The lowest BCUT2D eigenvalue weighted by molar-refractivity contribution is 0.0827. The van der Waals surface area contributed by atoms with Crippen LogP contribution in [0.2, 0.25) is 0 Å². The number of benzene rings is 2. The molecule has 0 saturated heterocycles. The highest BCUT2D eigenvalue weighted by Gasteiger charge is 2.22. The zero-order chi connectivity index (χ0) is 24.3. The van der Waals surface area contributed by atoms with Crippen molar-refractivity contribution < 1.29 is 9.53 Å². The van der Waals surface area contributed by atoms with Gasteiger partial charge < -0.3 is 20.3 Å². The quantitative estimate of drug-likeness (QED) is 0.583. The Morgan fingerprint density at radius 2 is 1.85 bits per heavy atom. The minimum Gasteiger partial charge on any atom is -0.470 e. The van der Waals surface area contributed by atoms with E-state index in [1.54, 1.807) is 26.4 Å². The van der Waals surface area contributed by atoms with Gasteiger partial charge in [-0.15, -0.1) is 0 Å². The van der Waals surface area contributed by atoms with E-state index < -0.39 is 0 Å². The molecule has 7 heteroatoms. The SMILES string of the molecule is CC(CNCC1CNc2cc(C(=O)N(C)C)cnc2O1)c1ccc(C#N)cc1.c1ccccc1. The molecule has 34 heavy (non-hydrogen) atoms. The van der Waals surface area contributed by atoms with E-state index in [0.717, 1.165) is 12.2 Å². The molecule has 0 bridgehead atoms. The zero-order valence-corrected chi connectivity index (χ0v) is 19.9. The zero-order valence-electron chi connectivity index (χ0n) is 19.9. The fourth-order valence-corrected chi connectivity index (χ4v) is 3.43. The molecule has 0 fully saturated rings. The van der Waals surface area contributed by atoms with E-state index in [4.69, 9.17) is 10.00 Å². The molecule has 1 aliphatic rings. The highest BCUT2D eigenvalue weighted by Crippen LogP contribution is 2.27. The Bertz CT molecular complexity index is 1070. The maximum atomic E-state index is 12.0. The number of nitrogens with zero attached hydrogens (tertiary/aromatic N) is 3. The van der Waals surface area contributed by atoms with Crippen molar-refractivity contribution >= 4 is 11.6 Å². The topological polar surface area (TPSA) is 90.3 Å². The van der Waals surface area contributed by atoms with E-state index in [-0.39, 0.29) is 12.0 Å². The molecule has 1 aliphatic heterocycles. The van der Waals surface area contributed by atoms with Gasteiger partial charge in [-0.3, -0.25) is 4.79 Å². The van der Waals surface area contributed by atoms with E-state index in [1.807, 2.05) is 60.7 Å². The number of hydrogen-bond donors (Lipinski definition) is 2. The molecule has 2 aromatic carbocycles. The largest absolute Gasteiger partial charge is 0.470 e. The van der Waals surface area contributed by atoms with Gasteiger partial charge in [-0.05, 0) is 29.7 Å². The molecule has 0 spiro atoms. The molecule has 176 valence electrons. The molecule has 3 aromatic rings. The number of fused-ring (bicyclic) bond motifs is 1. The summed E-state index contributed by atoms with van der Waals surface area (Å²) in [4.78, 5) is 17.9. The highest BCUT2D eigenvalue weighted by atomic mass is 16.5. The second kappa shape index (κ2) is 12.4. The van der Waals surface area contributed by atoms with Crippen molar-refractivity contribution in [3.63, 3.8) is 0 Å². The Labute approximate surface area is 201 Å². The summed E-state index contributed by atoms with van der Waals surface area (Å²) in [5, 5.41) is 15.6. The van der Waals surface area contributed by atoms with Crippen molar-refractivity contribution in [2.75, 3.05) is 39.0 Å². The fraction of sp³-hybridized carbons (Fsp3) is 0.296. The predicted octanol–water partition coefficient (Wildman–Crippen LogP) is 3.91. The first-order chi connectivity index (χ1) is 16.5. The smallest absolute Gasteiger partial charge is 0.254 e. The van der Waals surface area contributed by atoms with Crippen molar-refractivity contribution in [1.82, 2.24) is 15.2 Å². The van der Waals surface area contributed by atoms with Crippen LogP contribution in [0.5, 0.6) is 5.88 Å². The van der Waals surface area contributed by atoms with Crippen LogP contribution in [-0.4, -0.2) is 55.6 Å². The molecule has 2 atom stereocenters. The number of nitrogens with one attached hydrogen (secondary N) is 2. The first kappa shape index (κ1) is 24.7. The summed E-state index contributed by atoms with van der Waals surface area (Å²) in [6.07, 6.45) is 1.51. The first-order valence-electron chi connectivity index (χ1n) is 11.3. The van der Waals surface area contributed by atoms with E-state index in [0.29, 0.717) is 36.0 Å². The molecule has 2 N–H and O–H groups in total. The Kier molecular flexibility index (Phi) is 9.01. The minimum absolute atomic E-state index is 0.0384. The number of amides is 1. The molecular formula is C27H31N5O2. The minimum atomic E-state index is -0.0855. The molecule has 2 heterocycles. The van der Waals surface area contributed by atoms with E-state index >= 15 is 0 Å². The summed E-state index contributed by atoms with van der Waals surface area (Å²) in [6, 6.07) is 23.6. The van der Waals surface area contributed by atoms with Gasteiger partial charge in [-0.1, -0.05) is 55.5 Å². The van der Waals surface area contributed by atoms with Crippen molar-refractivity contribution in [3.8, 4) is 11.9 Å². The van der Waals surface area contributed by atoms with Crippen LogP contribution < -0.4 is 15.4 Å². The number of pyridine rings is 1. The molecule has 1 aromatic heterocycles. The van der Waals surface area contributed by atoms with Crippen LogP contribution in [0.15, 0.2) is 72.9 Å². The van der Waals surface area contributed by atoms with E-state index in [1.165, 1.54) is 10.5 Å². The van der Waals surface area contributed by atoms with E-state index in [9.17, 15) is 4.79 Å². The standard InChI is InChI=1S/C21H25N5O2.C6H6/c1-14(16-6-4-15(9-22)5-7-16)10-23-12-18-13-24-19-8-17(21(27)26(2)3)11-25-20(19)28-18;1-2-4-6-5-3-1/h4-8,11,14,18,23-24H,10,12-13H2,1-3H3;1-6H. The third kappa shape index (κ3) is 7.06. The van der Waals surface area contributed by atoms with Crippen LogP contribution >= 0.6 is 0 Å². The summed E-state index contributed by atoms with van der Waals surface area (Å²) >= 11 is 0. The Morgan fingerprint density at radius 1 is 1.21 bits per heavy atom. The van der Waals surface area contributed by atoms with Crippen LogP contribution in [0.25, 0.3) is 0 Å². The molecular weight excluding hydrogens is 426 g/mol. The molecule has 1 amide bonds. The number of carbonyl (C=O) groups excluding carboxylic acids is 1. The normalized spacial score (nSPS) is 14.7. The van der Waals surface area contributed by atoms with Crippen molar-refractivity contribution in [2.45, 2.75) is 18.9 Å². The Hall–Kier alpha value is -3.89. The predicted molar refractivity (Wildman–Crippen MR) is 134 cm³/mol. The lowest BCUT2D eigenvalue weighted by atomic mass is 10.00. The summed E-state index contributed by atoms with van der Waals surface area (Å²) in [7, 11) is 3.43. The molecule has 0 aliphatic carbocycles. The van der Waals surface area contributed by atoms with Gasteiger partial charge in [0, 0.05) is 33.4 Å². The summed E-state index contributed by atoms with van der Waals surface area (Å²) in [5.74, 6) is 0.764. The molecule has 0 radical (unpaired) electrons. The van der Waals surface area contributed by atoms with Crippen molar-refractivity contribution in [1.29, 1.82) is 5.26 Å². The lowest BCUT2D eigenvalue weighted by Gasteiger charge is -2.27. The van der Waals surface area contributed by atoms with Crippen LogP contribution in [0.4, 0.5) is 5.69 Å². The third-order valence-corrected chi connectivity index (χ3v) is 5.40. The maximum Gasteiger partial charge on any atom is 0.254 e. The summed E-state index contributed by atoms with van der Waals surface area (Å²) < 4.78 is 5.95. The average Bonchev–Trinajstić information content (AvgIpc) is 2.89. The van der Waals surface area contributed by atoms with Crippen molar-refractivity contribution in [2.24, 2.45) is 0 Å². The van der Waals surface area contributed by atoms with Crippen molar-refractivity contribution in [3.05, 3.63) is 89.6 Å². The average molecular weight is 458 g/mol. The van der Waals surface area contributed by atoms with Gasteiger partial charge >= 0.3 is 0 Å². The maximum absolute atomic E-state index is 12.0. The molecule has 0 saturated carbocycles. The number of nitriles is 1. The summed E-state index contributed by atoms with van der Waals surface area (Å²) in [5.41, 5.74) is 3.15. The number of aromatic nitrogens is 1. The van der Waals surface area contributed by atoms with Gasteiger partial charge in [-0.2, -0.15) is 5.26 Å². The molecule has 7 nitrogen and oxygen atoms in total. The van der Waals surface area contributed by atoms with Gasteiger partial charge in [-0.25, -0.2) is 4.98 Å². The molecule has 4 rings (SSSR count). The highest BCUT2D eigenvalue weighted by molar-refractivity contribution is 5.94. The number of anilines is 1. The van der Waals surface area contributed by atoms with Crippen LogP contribution in [0, 0.1) is 11.3 Å². The second-order valence-corrected chi connectivity index (χ2v) is 8.34. The first-order valence-corrected chi connectivity index (χ1v) is 11.3. The monoisotopic (exact) mass is 457 g/mol. The van der Waals surface area contributed by atoms with Gasteiger partial charge in [0.15, 0.2) is 0 Å². The van der Waals surface area contributed by atoms with Gasteiger partial charge in [0.05, 0.1) is 29.4 Å².